The second-order valence-electron chi connectivity index (χ2n) is 13.7. The third-order valence-corrected chi connectivity index (χ3v) is 12.0. The highest BCUT2D eigenvalue weighted by atomic mass is 16.2. The molecule has 6 fully saturated rings. The van der Waals surface area contributed by atoms with Crippen LogP contribution in [0.3, 0.4) is 0 Å². The fourth-order valence-electron chi connectivity index (χ4n) is 11.4. The first-order valence-electron chi connectivity index (χ1n) is 14.5. The van der Waals surface area contributed by atoms with Crippen molar-refractivity contribution >= 4 is 11.6 Å². The van der Waals surface area contributed by atoms with Gasteiger partial charge in [-0.25, -0.2) is 0 Å². The lowest BCUT2D eigenvalue weighted by atomic mass is 9.48. The van der Waals surface area contributed by atoms with Gasteiger partial charge in [-0.3, -0.25) is 14.7 Å². The molecule has 7 rings (SSSR count). The Hall–Kier alpha value is -0.900. The number of likely N-dealkylation sites (tertiary alicyclic amines) is 1. The molecule has 0 radical (unpaired) electrons. The molecule has 33 heavy (non-hydrogen) atoms. The minimum absolute atomic E-state index is 0.116. The molecule has 0 N–H and O–H groups in total. The van der Waals surface area contributed by atoms with Crippen molar-refractivity contribution in [3.05, 3.63) is 0 Å². The van der Waals surface area contributed by atoms with Crippen LogP contribution in [0.5, 0.6) is 0 Å². The first kappa shape index (κ1) is 21.4. The summed E-state index contributed by atoms with van der Waals surface area (Å²) in [5.74, 6) is 4.17. The number of aliphatic imine (C=N–C) groups is 1. The Morgan fingerprint density at radius 1 is 1.09 bits per heavy atom. The Morgan fingerprint density at radius 3 is 2.82 bits per heavy atom. The van der Waals surface area contributed by atoms with E-state index in [9.17, 15) is 4.79 Å². The summed E-state index contributed by atoms with van der Waals surface area (Å²) in [6.45, 7) is 9.15. The summed E-state index contributed by atoms with van der Waals surface area (Å²) in [5, 5.41) is 0. The summed E-state index contributed by atoms with van der Waals surface area (Å²) < 4.78 is 0. The number of nitrogens with zero attached hydrogens (tertiary/aromatic N) is 3. The lowest BCUT2D eigenvalue weighted by Crippen LogP contribution is -2.68. The first-order valence-corrected chi connectivity index (χ1v) is 14.5. The predicted molar refractivity (Wildman–Crippen MR) is 132 cm³/mol. The minimum atomic E-state index is 0.116. The van der Waals surface area contributed by atoms with E-state index in [-0.39, 0.29) is 11.0 Å². The summed E-state index contributed by atoms with van der Waals surface area (Å²) in [5.41, 5.74) is 1.95. The van der Waals surface area contributed by atoms with Gasteiger partial charge in [-0.1, -0.05) is 20.3 Å². The molecule has 0 unspecified atom stereocenters. The Labute approximate surface area is 200 Å². The summed E-state index contributed by atoms with van der Waals surface area (Å²) in [6, 6.07) is 2.13. The van der Waals surface area contributed by atoms with Crippen LogP contribution in [0.1, 0.15) is 97.8 Å². The highest BCUT2D eigenvalue weighted by Crippen LogP contribution is 2.74. The van der Waals surface area contributed by atoms with Crippen molar-refractivity contribution in [1.29, 1.82) is 0 Å². The zero-order chi connectivity index (χ0) is 22.5. The molecule has 4 heterocycles. The summed E-state index contributed by atoms with van der Waals surface area (Å²) >= 11 is 0. The quantitative estimate of drug-likeness (QED) is 0.571. The van der Waals surface area contributed by atoms with Crippen molar-refractivity contribution in [3.8, 4) is 0 Å². The second-order valence-corrected chi connectivity index (χ2v) is 13.7. The average Bonchev–Trinajstić information content (AvgIpc) is 3.13. The molecule has 2 spiro atoms. The van der Waals surface area contributed by atoms with Gasteiger partial charge in [0, 0.05) is 36.7 Å². The van der Waals surface area contributed by atoms with Gasteiger partial charge in [0.05, 0.1) is 11.6 Å². The van der Waals surface area contributed by atoms with Gasteiger partial charge in [-0.05, 0) is 107 Å². The molecule has 0 aromatic rings. The monoisotopic (exact) mass is 451 g/mol. The van der Waals surface area contributed by atoms with Crippen LogP contribution in [0.25, 0.3) is 0 Å². The van der Waals surface area contributed by atoms with Crippen LogP contribution in [-0.2, 0) is 4.79 Å². The van der Waals surface area contributed by atoms with Crippen molar-refractivity contribution in [2.45, 2.75) is 121 Å². The molecule has 3 saturated heterocycles. The molecule has 3 saturated carbocycles. The molecule has 182 valence electrons. The van der Waals surface area contributed by atoms with Crippen LogP contribution >= 0.6 is 0 Å². The minimum Gasteiger partial charge on any atom is -0.336 e. The standard InChI is InChI=1S/C29H45N3O/c1-18-11-24-6-4-5-9-31(24)25(12-18)15-23-7-8-28-22-14-26-21(13-27(28)30-23)10-19(2)16-29(26,28)32(17-22)20(3)33/h18-19,21-26H,4-17H2,1-3H3/t18-,19+,21-,22+,23-,24+,25-,26+,28-,29+/m0/s1. The van der Waals surface area contributed by atoms with Crippen LogP contribution in [0.15, 0.2) is 4.99 Å². The lowest BCUT2D eigenvalue weighted by Gasteiger charge is -2.62. The molecule has 0 aromatic carbocycles. The highest BCUT2D eigenvalue weighted by Gasteiger charge is 2.78. The summed E-state index contributed by atoms with van der Waals surface area (Å²) in [4.78, 5) is 23.9. The molecule has 0 aromatic heterocycles. The Kier molecular flexibility index (Phi) is 4.74. The second kappa shape index (κ2) is 7.31. The van der Waals surface area contributed by atoms with E-state index in [4.69, 9.17) is 4.99 Å². The zero-order valence-corrected chi connectivity index (χ0v) is 21.3. The Bertz CT molecular complexity index is 869. The topological polar surface area (TPSA) is 35.9 Å². The summed E-state index contributed by atoms with van der Waals surface area (Å²) in [6.07, 6.45) is 16.2. The molecule has 4 aliphatic heterocycles. The number of carbonyl (C=O) groups excluding carboxylic acids is 1. The molecule has 4 nitrogen and oxygen atoms in total. The van der Waals surface area contributed by atoms with Crippen LogP contribution in [0.4, 0.5) is 0 Å². The van der Waals surface area contributed by atoms with Crippen molar-refractivity contribution in [3.63, 3.8) is 0 Å². The normalized spacial score (nSPS) is 52.8. The smallest absolute Gasteiger partial charge is 0.219 e. The van der Waals surface area contributed by atoms with Crippen molar-refractivity contribution in [2.75, 3.05) is 13.1 Å². The maximum atomic E-state index is 12.9. The largest absolute Gasteiger partial charge is 0.336 e. The third-order valence-electron chi connectivity index (χ3n) is 12.0. The number of piperidine rings is 3. The Balaban J connectivity index is 1.21. The van der Waals surface area contributed by atoms with Gasteiger partial charge >= 0.3 is 0 Å². The van der Waals surface area contributed by atoms with Crippen LogP contribution in [0, 0.1) is 35.0 Å². The van der Waals surface area contributed by atoms with E-state index < -0.39 is 0 Å². The number of hydrogen-bond donors (Lipinski definition) is 0. The fraction of sp³-hybridized carbons (Fsp3) is 0.931. The van der Waals surface area contributed by atoms with Gasteiger partial charge in [0.1, 0.15) is 0 Å². The van der Waals surface area contributed by atoms with E-state index in [1.807, 2.05) is 6.92 Å². The number of carbonyl (C=O) groups is 1. The molecule has 10 atom stereocenters. The number of amides is 1. The van der Waals surface area contributed by atoms with Crippen molar-refractivity contribution in [1.82, 2.24) is 9.80 Å². The zero-order valence-electron chi connectivity index (χ0n) is 21.3. The SMILES string of the molecule is CC(=O)N1C[C@H]2C[C@@H]3[C@@H]4CC5=N[C@H](C[C@@H]6C[C@@H](C)C[C@H]7CCCCN76)CC[C@@]52[C@@]31C[C@H](C)C4. The molecule has 7 aliphatic rings. The van der Waals surface area contributed by atoms with Gasteiger partial charge < -0.3 is 4.90 Å². The van der Waals surface area contributed by atoms with E-state index in [2.05, 4.69) is 23.6 Å². The lowest BCUT2D eigenvalue weighted by molar-refractivity contribution is -0.145. The molecule has 4 heteroatoms. The summed E-state index contributed by atoms with van der Waals surface area (Å²) in [7, 11) is 0. The molecular formula is C29H45N3O. The predicted octanol–water partition coefficient (Wildman–Crippen LogP) is 5.31. The van der Waals surface area contributed by atoms with E-state index in [1.165, 1.54) is 83.6 Å². The van der Waals surface area contributed by atoms with Crippen molar-refractivity contribution < 1.29 is 4.79 Å². The van der Waals surface area contributed by atoms with E-state index in [1.54, 1.807) is 5.71 Å². The number of hydrogen-bond acceptors (Lipinski definition) is 3. The number of fused-ring (bicyclic) bond motifs is 1. The molecule has 1 amide bonds. The van der Waals surface area contributed by atoms with Gasteiger partial charge in [0.15, 0.2) is 0 Å². The van der Waals surface area contributed by atoms with Gasteiger partial charge in [-0.15, -0.1) is 0 Å². The third kappa shape index (κ3) is 2.74. The highest BCUT2D eigenvalue weighted by molar-refractivity contribution is 5.96. The Morgan fingerprint density at radius 2 is 1.97 bits per heavy atom. The van der Waals surface area contributed by atoms with Gasteiger partial charge in [0.2, 0.25) is 5.91 Å². The maximum Gasteiger partial charge on any atom is 0.219 e. The van der Waals surface area contributed by atoms with Gasteiger partial charge in [0.25, 0.3) is 0 Å². The first-order chi connectivity index (χ1) is 15.9. The van der Waals surface area contributed by atoms with Crippen LogP contribution in [-0.4, -0.2) is 58.2 Å². The maximum absolute atomic E-state index is 12.9. The van der Waals surface area contributed by atoms with E-state index >= 15 is 0 Å². The van der Waals surface area contributed by atoms with Crippen LogP contribution in [0.2, 0.25) is 0 Å². The van der Waals surface area contributed by atoms with E-state index in [0.717, 1.165) is 42.3 Å². The van der Waals surface area contributed by atoms with Crippen molar-refractivity contribution in [2.24, 2.45) is 40.0 Å². The van der Waals surface area contributed by atoms with E-state index in [0.29, 0.717) is 17.9 Å². The molecule has 3 aliphatic carbocycles. The molecule has 5 bridgehead atoms. The van der Waals surface area contributed by atoms with Crippen LogP contribution < -0.4 is 0 Å². The average molecular weight is 452 g/mol. The fourth-order valence-corrected chi connectivity index (χ4v) is 11.4. The van der Waals surface area contributed by atoms with Gasteiger partial charge in [-0.2, -0.15) is 0 Å². The number of rotatable bonds is 2. The molecular weight excluding hydrogens is 406 g/mol.